The molecule has 1 saturated heterocycles. The van der Waals surface area contributed by atoms with E-state index in [9.17, 15) is 0 Å². The van der Waals surface area contributed by atoms with Gasteiger partial charge >= 0.3 is 0 Å². The van der Waals surface area contributed by atoms with Gasteiger partial charge in [-0.15, -0.1) is 0 Å². The standard InChI is InChI=1S/C14H29N/c1-4-5-6-7-8-12-15-13(2)10-9-11-14(15)3/h13-14H,4-12H2,1-3H3. The summed E-state index contributed by atoms with van der Waals surface area (Å²) in [4.78, 5) is 2.73. The Kier molecular flexibility index (Phi) is 6.31. The summed E-state index contributed by atoms with van der Waals surface area (Å²) in [5.41, 5.74) is 0. The Labute approximate surface area is 96.2 Å². The van der Waals surface area contributed by atoms with Crippen LogP contribution >= 0.6 is 0 Å². The zero-order chi connectivity index (χ0) is 11.1. The Morgan fingerprint density at radius 3 is 2.13 bits per heavy atom. The molecule has 2 unspecified atom stereocenters. The van der Waals surface area contributed by atoms with Crippen molar-refractivity contribution in [3.63, 3.8) is 0 Å². The summed E-state index contributed by atoms with van der Waals surface area (Å²) in [7, 11) is 0. The van der Waals surface area contributed by atoms with Crippen molar-refractivity contribution in [2.24, 2.45) is 0 Å². The Hall–Kier alpha value is -0.0400. The highest BCUT2D eigenvalue weighted by molar-refractivity contribution is 4.79. The lowest BCUT2D eigenvalue weighted by molar-refractivity contribution is 0.101. The molecule has 1 fully saturated rings. The molecule has 0 amide bonds. The molecule has 2 atom stereocenters. The van der Waals surface area contributed by atoms with Gasteiger partial charge in [0.2, 0.25) is 0 Å². The van der Waals surface area contributed by atoms with Crippen molar-refractivity contribution in [3.05, 3.63) is 0 Å². The lowest BCUT2D eigenvalue weighted by Gasteiger charge is -2.39. The monoisotopic (exact) mass is 211 g/mol. The van der Waals surface area contributed by atoms with Gasteiger partial charge in [0, 0.05) is 12.1 Å². The number of hydrogen-bond donors (Lipinski definition) is 0. The molecule has 0 aliphatic carbocycles. The van der Waals surface area contributed by atoms with Gasteiger partial charge in [-0.1, -0.05) is 39.0 Å². The first-order chi connectivity index (χ1) is 7.25. The van der Waals surface area contributed by atoms with Crippen LogP contribution in [0.25, 0.3) is 0 Å². The summed E-state index contributed by atoms with van der Waals surface area (Å²) in [6.45, 7) is 8.43. The molecule has 0 bridgehead atoms. The highest BCUT2D eigenvalue weighted by Crippen LogP contribution is 2.22. The Morgan fingerprint density at radius 2 is 1.53 bits per heavy atom. The fourth-order valence-electron chi connectivity index (χ4n) is 2.81. The average Bonchev–Trinajstić information content (AvgIpc) is 2.21. The average molecular weight is 211 g/mol. The van der Waals surface area contributed by atoms with Gasteiger partial charge in [-0.25, -0.2) is 0 Å². The maximum absolute atomic E-state index is 2.73. The van der Waals surface area contributed by atoms with E-state index in [2.05, 4.69) is 25.7 Å². The Bertz CT molecular complexity index is 145. The molecule has 0 aromatic heterocycles. The van der Waals surface area contributed by atoms with Crippen LogP contribution in [0, 0.1) is 0 Å². The first-order valence-corrected chi connectivity index (χ1v) is 7.01. The van der Waals surface area contributed by atoms with Crippen molar-refractivity contribution in [1.29, 1.82) is 0 Å². The zero-order valence-corrected chi connectivity index (χ0v) is 11.0. The van der Waals surface area contributed by atoms with Crippen LogP contribution < -0.4 is 0 Å². The first kappa shape index (κ1) is 13.0. The van der Waals surface area contributed by atoms with Crippen molar-refractivity contribution in [2.75, 3.05) is 6.54 Å². The van der Waals surface area contributed by atoms with E-state index in [-0.39, 0.29) is 0 Å². The van der Waals surface area contributed by atoms with Gasteiger partial charge in [0.15, 0.2) is 0 Å². The van der Waals surface area contributed by atoms with E-state index >= 15 is 0 Å². The molecule has 0 radical (unpaired) electrons. The molecule has 0 spiro atoms. The van der Waals surface area contributed by atoms with Crippen LogP contribution in [0.3, 0.4) is 0 Å². The number of rotatable bonds is 6. The largest absolute Gasteiger partial charge is 0.298 e. The molecule has 90 valence electrons. The van der Waals surface area contributed by atoms with Gasteiger partial charge in [-0.2, -0.15) is 0 Å². The highest BCUT2D eigenvalue weighted by atomic mass is 15.2. The van der Waals surface area contributed by atoms with Gasteiger partial charge < -0.3 is 0 Å². The van der Waals surface area contributed by atoms with Crippen molar-refractivity contribution in [1.82, 2.24) is 4.90 Å². The van der Waals surface area contributed by atoms with Gasteiger partial charge in [0.1, 0.15) is 0 Å². The van der Waals surface area contributed by atoms with Crippen LogP contribution in [-0.4, -0.2) is 23.5 Å². The van der Waals surface area contributed by atoms with Gasteiger partial charge in [-0.05, 0) is 39.7 Å². The van der Waals surface area contributed by atoms with Crippen LogP contribution in [0.4, 0.5) is 0 Å². The van der Waals surface area contributed by atoms with E-state index in [1.807, 2.05) is 0 Å². The fraction of sp³-hybridized carbons (Fsp3) is 1.00. The van der Waals surface area contributed by atoms with Crippen LogP contribution in [0.2, 0.25) is 0 Å². The SMILES string of the molecule is CCCCCCCN1C(C)CCCC1C. The second-order valence-electron chi connectivity index (χ2n) is 5.28. The minimum atomic E-state index is 0.833. The van der Waals surface area contributed by atoms with Gasteiger partial charge in [-0.3, -0.25) is 4.90 Å². The van der Waals surface area contributed by atoms with E-state index in [1.165, 1.54) is 57.9 Å². The van der Waals surface area contributed by atoms with Gasteiger partial charge in [0.05, 0.1) is 0 Å². The third-order valence-corrected chi connectivity index (χ3v) is 3.90. The lowest BCUT2D eigenvalue weighted by Crippen LogP contribution is -2.44. The molecular formula is C14H29N. The quantitative estimate of drug-likeness (QED) is 0.595. The topological polar surface area (TPSA) is 3.24 Å². The fourth-order valence-corrected chi connectivity index (χ4v) is 2.81. The highest BCUT2D eigenvalue weighted by Gasteiger charge is 2.23. The molecule has 15 heavy (non-hydrogen) atoms. The van der Waals surface area contributed by atoms with Crippen LogP contribution in [0.5, 0.6) is 0 Å². The second-order valence-corrected chi connectivity index (χ2v) is 5.28. The first-order valence-electron chi connectivity index (χ1n) is 7.01. The third-order valence-electron chi connectivity index (χ3n) is 3.90. The van der Waals surface area contributed by atoms with Crippen molar-refractivity contribution in [3.8, 4) is 0 Å². The van der Waals surface area contributed by atoms with Gasteiger partial charge in [0.25, 0.3) is 0 Å². The van der Waals surface area contributed by atoms with Crippen LogP contribution in [0.15, 0.2) is 0 Å². The Morgan fingerprint density at radius 1 is 0.933 bits per heavy atom. The molecule has 1 aliphatic rings. The van der Waals surface area contributed by atoms with E-state index in [4.69, 9.17) is 0 Å². The third kappa shape index (κ3) is 4.55. The number of likely N-dealkylation sites (tertiary alicyclic amines) is 1. The van der Waals surface area contributed by atoms with Crippen LogP contribution in [-0.2, 0) is 0 Å². The molecule has 0 N–H and O–H groups in total. The number of nitrogens with zero attached hydrogens (tertiary/aromatic N) is 1. The number of piperidine rings is 1. The molecule has 1 heteroatoms. The molecule has 1 heterocycles. The van der Waals surface area contributed by atoms with Crippen LogP contribution in [0.1, 0.15) is 72.1 Å². The lowest BCUT2D eigenvalue weighted by atomic mass is 9.97. The summed E-state index contributed by atoms with van der Waals surface area (Å²) in [6, 6.07) is 1.67. The number of unbranched alkanes of at least 4 members (excludes halogenated alkanes) is 4. The zero-order valence-electron chi connectivity index (χ0n) is 11.0. The maximum atomic E-state index is 2.73. The Balaban J connectivity index is 2.12. The minimum Gasteiger partial charge on any atom is -0.298 e. The summed E-state index contributed by atoms with van der Waals surface area (Å²) < 4.78 is 0. The summed E-state index contributed by atoms with van der Waals surface area (Å²) in [6.07, 6.45) is 11.3. The molecule has 1 nitrogen and oxygen atoms in total. The summed E-state index contributed by atoms with van der Waals surface area (Å²) >= 11 is 0. The maximum Gasteiger partial charge on any atom is 0.00697 e. The van der Waals surface area contributed by atoms with E-state index < -0.39 is 0 Å². The smallest absolute Gasteiger partial charge is 0.00697 e. The van der Waals surface area contributed by atoms with E-state index in [0.717, 1.165) is 12.1 Å². The molecule has 1 aliphatic heterocycles. The van der Waals surface area contributed by atoms with Crippen molar-refractivity contribution in [2.45, 2.75) is 84.2 Å². The van der Waals surface area contributed by atoms with Crippen molar-refractivity contribution < 1.29 is 0 Å². The molecule has 0 aromatic rings. The van der Waals surface area contributed by atoms with Crippen molar-refractivity contribution >= 4 is 0 Å². The molecule has 1 rings (SSSR count). The van der Waals surface area contributed by atoms with E-state index in [1.54, 1.807) is 0 Å². The minimum absolute atomic E-state index is 0.833. The predicted octanol–water partition coefficient (Wildman–Crippen LogP) is 4.22. The summed E-state index contributed by atoms with van der Waals surface area (Å²) in [5, 5.41) is 0. The predicted molar refractivity (Wildman–Crippen MR) is 68.2 cm³/mol. The summed E-state index contributed by atoms with van der Waals surface area (Å²) in [5.74, 6) is 0. The molecule has 0 saturated carbocycles. The second kappa shape index (κ2) is 7.27. The van der Waals surface area contributed by atoms with E-state index in [0.29, 0.717) is 0 Å². The molecule has 0 aromatic carbocycles. The number of hydrogen-bond acceptors (Lipinski definition) is 1. The normalized spacial score (nSPS) is 28.2. The molecular weight excluding hydrogens is 182 g/mol.